The van der Waals surface area contributed by atoms with Gasteiger partial charge < -0.3 is 10.4 Å². The molecule has 0 radical (unpaired) electrons. The maximum Gasteiger partial charge on any atom is 0.391 e. The second kappa shape index (κ2) is 12.1. The van der Waals surface area contributed by atoms with Crippen molar-refractivity contribution in [1.29, 1.82) is 0 Å². The van der Waals surface area contributed by atoms with Crippen LogP contribution in [0.5, 0.6) is 0 Å². The normalized spacial score (nSPS) is 22.8. The van der Waals surface area contributed by atoms with Gasteiger partial charge in [0.25, 0.3) is 5.91 Å². The summed E-state index contributed by atoms with van der Waals surface area (Å²) in [5.41, 5.74) is 2.43. The molecule has 0 bridgehead atoms. The molecule has 2 aliphatic rings. The smallest absolute Gasteiger partial charge is 0.391 e. The van der Waals surface area contributed by atoms with Gasteiger partial charge >= 0.3 is 6.18 Å². The van der Waals surface area contributed by atoms with Crippen molar-refractivity contribution >= 4 is 15.7 Å². The summed E-state index contributed by atoms with van der Waals surface area (Å²) in [7, 11) is -3.42. The van der Waals surface area contributed by atoms with E-state index in [-0.39, 0.29) is 41.4 Å². The number of aromatic nitrogens is 2. The first-order valence-corrected chi connectivity index (χ1v) is 15.4. The summed E-state index contributed by atoms with van der Waals surface area (Å²) in [4.78, 5) is 24.2. The number of nitrogens with zero attached hydrogens (tertiary/aromatic N) is 3. The average molecular weight is 583 g/mol. The molecule has 2 N–H and O–H groups in total. The van der Waals surface area contributed by atoms with Crippen molar-refractivity contribution in [2.24, 2.45) is 17.8 Å². The third-order valence-corrected chi connectivity index (χ3v) is 9.81. The van der Waals surface area contributed by atoms with Gasteiger partial charge in [0.1, 0.15) is 0 Å². The minimum atomic E-state index is -4.12. The van der Waals surface area contributed by atoms with E-state index >= 15 is 0 Å². The molecule has 1 fully saturated rings. The summed E-state index contributed by atoms with van der Waals surface area (Å²) in [6.07, 6.45) is 0.0243. The van der Waals surface area contributed by atoms with Gasteiger partial charge in [-0.3, -0.25) is 19.7 Å². The Bertz CT molecular complexity index is 1290. The van der Waals surface area contributed by atoms with E-state index in [1.165, 1.54) is 31.5 Å². The molecular weight excluding hydrogens is 545 g/mol. The topological polar surface area (TPSA) is 112 Å². The molecule has 1 aliphatic heterocycles. The van der Waals surface area contributed by atoms with Gasteiger partial charge in [0.2, 0.25) is 0 Å². The summed E-state index contributed by atoms with van der Waals surface area (Å²) in [5.74, 6) is -1.30. The first-order chi connectivity index (χ1) is 18.8. The molecule has 4 rings (SSSR count). The Morgan fingerprint density at radius 3 is 2.40 bits per heavy atom. The highest BCUT2D eigenvalue weighted by atomic mass is 32.2. The largest absolute Gasteiger partial charge is 0.394 e. The van der Waals surface area contributed by atoms with E-state index in [1.807, 2.05) is 0 Å². The molecule has 12 heteroatoms. The maximum atomic E-state index is 13.1. The summed E-state index contributed by atoms with van der Waals surface area (Å²) in [6, 6.07) is 3.83. The van der Waals surface area contributed by atoms with Crippen molar-refractivity contribution in [1.82, 2.24) is 20.2 Å². The van der Waals surface area contributed by atoms with E-state index in [0.29, 0.717) is 37.2 Å². The van der Waals surface area contributed by atoms with E-state index < -0.39 is 40.5 Å². The number of carbonyl (C=O) groups excluding carboxylic acids is 1. The lowest BCUT2D eigenvalue weighted by Crippen LogP contribution is -2.35. The SMILES string of the molecule is CCS(=O)(=O)c1ccc([C@H](CO)NC(=O)c2cnc3c(c2)CN(C[C@H]2CC[C@@H](C(F)(F)F)CC2)[C@H]3C(C)C)nc1. The van der Waals surface area contributed by atoms with Crippen LogP contribution >= 0.6 is 0 Å². The first-order valence-electron chi connectivity index (χ1n) is 13.7. The number of alkyl halides is 3. The molecule has 2 atom stereocenters. The van der Waals surface area contributed by atoms with Crippen LogP contribution in [0.1, 0.15) is 85.8 Å². The zero-order chi connectivity index (χ0) is 29.2. The predicted octanol–water partition coefficient (Wildman–Crippen LogP) is 4.62. The highest BCUT2D eigenvalue weighted by Crippen LogP contribution is 2.43. The predicted molar refractivity (Wildman–Crippen MR) is 143 cm³/mol. The summed E-state index contributed by atoms with van der Waals surface area (Å²) >= 11 is 0. The fourth-order valence-electron chi connectivity index (χ4n) is 5.85. The van der Waals surface area contributed by atoms with Gasteiger partial charge in [0.05, 0.1) is 52.2 Å². The molecule has 40 heavy (non-hydrogen) atoms. The molecule has 0 unspecified atom stereocenters. The van der Waals surface area contributed by atoms with Gasteiger partial charge in [-0.05, 0) is 61.3 Å². The van der Waals surface area contributed by atoms with Crippen LogP contribution in [0.2, 0.25) is 0 Å². The second-order valence-corrected chi connectivity index (χ2v) is 13.5. The second-order valence-electron chi connectivity index (χ2n) is 11.2. The lowest BCUT2D eigenvalue weighted by atomic mass is 9.81. The van der Waals surface area contributed by atoms with Crippen LogP contribution in [0, 0.1) is 17.8 Å². The quantitative estimate of drug-likeness (QED) is 0.444. The van der Waals surface area contributed by atoms with E-state index in [0.717, 1.165) is 11.3 Å². The highest BCUT2D eigenvalue weighted by Gasteiger charge is 2.42. The number of aliphatic hydroxyl groups excluding tert-OH is 1. The minimum absolute atomic E-state index is 0.0137. The van der Waals surface area contributed by atoms with E-state index in [2.05, 4.69) is 34.0 Å². The van der Waals surface area contributed by atoms with E-state index in [1.54, 1.807) is 6.07 Å². The Hall–Kier alpha value is -2.57. The molecule has 0 saturated heterocycles. The van der Waals surface area contributed by atoms with E-state index in [9.17, 15) is 31.5 Å². The number of aliphatic hydroxyl groups is 1. The van der Waals surface area contributed by atoms with Gasteiger partial charge in [-0.1, -0.05) is 20.8 Å². The lowest BCUT2D eigenvalue weighted by Gasteiger charge is -2.35. The standard InChI is InChI=1S/C28H37F3N4O4S/c1-4-40(38,39)22-9-10-23(32-13-22)24(16-36)34-27(37)19-11-20-15-35(26(17(2)3)25(20)33-12-19)14-18-5-7-21(8-6-18)28(29,30)31/h9-13,17-18,21,24,26,36H,4-8,14-16H2,1-3H3,(H,34,37)/t18-,21+,24-,26-/m0/s1. The zero-order valence-electron chi connectivity index (χ0n) is 23.0. The van der Waals surface area contributed by atoms with E-state index in [4.69, 9.17) is 0 Å². The molecule has 8 nitrogen and oxygen atoms in total. The third kappa shape index (κ3) is 6.66. The number of nitrogens with one attached hydrogen (secondary N) is 1. The molecule has 220 valence electrons. The Balaban J connectivity index is 1.44. The Morgan fingerprint density at radius 2 is 1.85 bits per heavy atom. The van der Waals surface area contributed by atoms with Gasteiger partial charge in [-0.25, -0.2) is 8.42 Å². The molecule has 2 aromatic heterocycles. The number of halogens is 3. The van der Waals surface area contributed by atoms with Crippen molar-refractivity contribution in [3.8, 4) is 0 Å². The van der Waals surface area contributed by atoms with Crippen LogP contribution in [0.25, 0.3) is 0 Å². The Kier molecular flexibility index (Phi) is 9.21. The molecule has 1 saturated carbocycles. The molecule has 2 aromatic rings. The van der Waals surface area contributed by atoms with Crippen LogP contribution in [0.3, 0.4) is 0 Å². The molecule has 3 heterocycles. The molecule has 0 spiro atoms. The minimum Gasteiger partial charge on any atom is -0.394 e. The number of sulfone groups is 1. The van der Waals surface area contributed by atoms with Gasteiger partial charge in [0.15, 0.2) is 9.84 Å². The number of fused-ring (bicyclic) bond motifs is 1. The Morgan fingerprint density at radius 1 is 1.15 bits per heavy atom. The third-order valence-electron chi connectivity index (χ3n) is 8.09. The maximum absolute atomic E-state index is 13.1. The summed E-state index contributed by atoms with van der Waals surface area (Å²) in [6.45, 7) is 6.53. The molecule has 0 aromatic carbocycles. The summed E-state index contributed by atoms with van der Waals surface area (Å²) in [5, 5.41) is 12.6. The van der Waals surface area contributed by atoms with Crippen LogP contribution in [0.4, 0.5) is 13.2 Å². The van der Waals surface area contributed by atoms with Crippen molar-refractivity contribution in [2.45, 2.75) is 76.2 Å². The van der Waals surface area contributed by atoms with Crippen LogP contribution in [-0.2, 0) is 16.4 Å². The first kappa shape index (κ1) is 30.4. The lowest BCUT2D eigenvalue weighted by molar-refractivity contribution is -0.184. The van der Waals surface area contributed by atoms with Gasteiger partial charge in [0, 0.05) is 25.5 Å². The van der Waals surface area contributed by atoms with Crippen molar-refractivity contribution in [3.63, 3.8) is 0 Å². The molecule has 1 amide bonds. The summed E-state index contributed by atoms with van der Waals surface area (Å²) < 4.78 is 63.4. The number of hydrogen-bond acceptors (Lipinski definition) is 7. The number of pyridine rings is 2. The van der Waals surface area contributed by atoms with Crippen molar-refractivity contribution in [3.05, 3.63) is 53.1 Å². The highest BCUT2D eigenvalue weighted by molar-refractivity contribution is 7.91. The molecule has 1 aliphatic carbocycles. The van der Waals surface area contributed by atoms with Crippen LogP contribution in [0.15, 0.2) is 35.5 Å². The zero-order valence-corrected chi connectivity index (χ0v) is 23.8. The average Bonchev–Trinajstić information content (AvgIpc) is 3.28. The fraction of sp³-hybridized carbons (Fsp3) is 0.607. The van der Waals surface area contributed by atoms with Crippen LogP contribution < -0.4 is 5.32 Å². The number of carbonyl (C=O) groups is 1. The number of rotatable bonds is 9. The molecular formula is C28H37F3N4O4S. The fourth-order valence-corrected chi connectivity index (χ4v) is 6.67. The van der Waals surface area contributed by atoms with Gasteiger partial charge in [-0.2, -0.15) is 13.2 Å². The van der Waals surface area contributed by atoms with Gasteiger partial charge in [-0.15, -0.1) is 0 Å². The number of amides is 1. The Labute approximate surface area is 233 Å². The van der Waals surface area contributed by atoms with Crippen LogP contribution in [-0.4, -0.2) is 59.4 Å². The van der Waals surface area contributed by atoms with Crippen molar-refractivity contribution in [2.75, 3.05) is 18.9 Å². The monoisotopic (exact) mass is 582 g/mol. The number of hydrogen-bond donors (Lipinski definition) is 2. The van der Waals surface area contributed by atoms with Crippen molar-refractivity contribution < 1.29 is 31.5 Å².